The Hall–Kier alpha value is -3.58. The monoisotopic (exact) mass is 1170 g/mol. The normalized spacial score (nSPS) is 17.9. The number of allylic oxidation sites excluding steroid dienone is 10. The third-order valence-electron chi connectivity index (χ3n) is 15.6. The van der Waals surface area contributed by atoms with Crippen LogP contribution in [0.25, 0.3) is 0 Å². The molecule has 12 nitrogen and oxygen atoms in total. The Morgan fingerprint density at radius 1 is 0.410 bits per heavy atom. The summed E-state index contributed by atoms with van der Waals surface area (Å²) in [7, 11) is 0. The van der Waals surface area contributed by atoms with Gasteiger partial charge in [0.1, 0.15) is 18.8 Å². The van der Waals surface area contributed by atoms with E-state index in [0.717, 1.165) is 103 Å². The predicted molar refractivity (Wildman–Crippen MR) is 340 cm³/mol. The highest BCUT2D eigenvalue weighted by Crippen LogP contribution is 2.27. The van der Waals surface area contributed by atoms with Gasteiger partial charge in [0.25, 0.3) is 0 Å². The van der Waals surface area contributed by atoms with Gasteiger partial charge < -0.3 is 39.0 Å². The average molecular weight is 1170 g/mol. The molecule has 6 atom stereocenters. The molecule has 1 aliphatic rings. The molecule has 0 radical (unpaired) electrons. The van der Waals surface area contributed by atoms with Crippen LogP contribution in [0.4, 0.5) is 0 Å². The van der Waals surface area contributed by atoms with Crippen LogP contribution in [-0.4, -0.2) is 89.2 Å². The number of carbonyl (C=O) groups is 4. The highest BCUT2D eigenvalue weighted by molar-refractivity contribution is 5.74. The molecule has 1 fully saturated rings. The first-order valence-corrected chi connectivity index (χ1v) is 34.3. The quantitative estimate of drug-likeness (QED) is 0.0228. The maximum absolute atomic E-state index is 13.2. The molecule has 0 spiro atoms. The number of aliphatic carboxylic acids is 1. The van der Waals surface area contributed by atoms with E-state index in [-0.39, 0.29) is 25.9 Å². The van der Waals surface area contributed by atoms with Crippen molar-refractivity contribution in [1.82, 2.24) is 0 Å². The minimum atomic E-state index is -1.91. The summed E-state index contributed by atoms with van der Waals surface area (Å²) in [5.41, 5.74) is 0. The number of rotatable bonds is 59. The van der Waals surface area contributed by atoms with Crippen molar-refractivity contribution in [2.75, 3.05) is 13.2 Å². The predicted octanol–water partition coefficient (Wildman–Crippen LogP) is 18.7. The number of esters is 3. The second-order valence-electron chi connectivity index (χ2n) is 23.4. The molecule has 1 rings (SSSR count). The lowest BCUT2D eigenvalue weighted by Gasteiger charge is -2.40. The molecule has 1 saturated heterocycles. The fraction of sp³-hybridized carbons (Fsp3) is 0.803. The average Bonchev–Trinajstić information content (AvgIpc) is 3.58. The molecule has 6 unspecified atom stereocenters. The summed E-state index contributed by atoms with van der Waals surface area (Å²) in [5, 5.41) is 31.6. The van der Waals surface area contributed by atoms with Crippen molar-refractivity contribution >= 4 is 23.9 Å². The van der Waals surface area contributed by atoms with E-state index in [1.54, 1.807) is 0 Å². The molecular weight excluding hydrogens is 1040 g/mol. The molecule has 12 heteroatoms. The second kappa shape index (κ2) is 58.8. The molecule has 0 aromatic heterocycles. The van der Waals surface area contributed by atoms with Crippen molar-refractivity contribution in [2.24, 2.45) is 0 Å². The van der Waals surface area contributed by atoms with Gasteiger partial charge in [-0.2, -0.15) is 0 Å². The smallest absolute Gasteiger partial charge is 0.335 e. The molecule has 0 saturated carbocycles. The van der Waals surface area contributed by atoms with E-state index in [4.69, 9.17) is 23.7 Å². The van der Waals surface area contributed by atoms with E-state index < -0.39 is 67.3 Å². The first-order chi connectivity index (χ1) is 40.6. The van der Waals surface area contributed by atoms with Gasteiger partial charge in [0, 0.05) is 19.3 Å². The molecule has 0 aromatic carbocycles. The van der Waals surface area contributed by atoms with Crippen LogP contribution in [0.2, 0.25) is 0 Å². The third-order valence-corrected chi connectivity index (χ3v) is 15.6. The Bertz CT molecular complexity index is 1670. The van der Waals surface area contributed by atoms with Crippen molar-refractivity contribution in [1.29, 1.82) is 0 Å². The van der Waals surface area contributed by atoms with Crippen LogP contribution < -0.4 is 0 Å². The maximum Gasteiger partial charge on any atom is 0.335 e. The van der Waals surface area contributed by atoms with Crippen LogP contribution in [-0.2, 0) is 42.9 Å². The van der Waals surface area contributed by atoms with Crippen molar-refractivity contribution in [2.45, 2.75) is 353 Å². The summed E-state index contributed by atoms with van der Waals surface area (Å²) < 4.78 is 28.6. The van der Waals surface area contributed by atoms with Gasteiger partial charge in [0.05, 0.1) is 6.61 Å². The van der Waals surface area contributed by atoms with Crippen LogP contribution >= 0.6 is 0 Å². The van der Waals surface area contributed by atoms with Crippen molar-refractivity contribution in [3.8, 4) is 0 Å². The van der Waals surface area contributed by atoms with Gasteiger partial charge in [-0.1, -0.05) is 274 Å². The number of carbonyl (C=O) groups excluding carboxylic acids is 3. The molecule has 0 aromatic rings. The fourth-order valence-electron chi connectivity index (χ4n) is 10.4. The molecule has 83 heavy (non-hydrogen) atoms. The van der Waals surface area contributed by atoms with E-state index in [1.165, 1.54) is 154 Å². The minimum Gasteiger partial charge on any atom is -0.479 e. The van der Waals surface area contributed by atoms with Gasteiger partial charge >= 0.3 is 23.9 Å². The summed E-state index contributed by atoms with van der Waals surface area (Å²) in [6.45, 7) is 5.91. The maximum atomic E-state index is 13.2. The Morgan fingerprint density at radius 2 is 0.759 bits per heavy atom. The lowest BCUT2D eigenvalue weighted by Crippen LogP contribution is -2.61. The molecule has 0 bridgehead atoms. The van der Waals surface area contributed by atoms with Gasteiger partial charge in [-0.3, -0.25) is 14.4 Å². The molecule has 480 valence electrons. The Kier molecular flexibility index (Phi) is 54.8. The number of hydrogen-bond donors (Lipinski definition) is 3. The fourth-order valence-corrected chi connectivity index (χ4v) is 10.4. The zero-order valence-corrected chi connectivity index (χ0v) is 53.2. The standard InChI is InChI=1S/C71H124O12/c1-4-7-10-13-16-19-22-25-28-31-32-35-38-41-44-47-50-53-56-59-65(74)82-69-67(76)66(75)68(70(77)78)83-71(69)80-61-62(81-64(73)58-55-52-49-46-43-40-37-34-30-27-24-21-18-15-12-9-6-3)60-79-63(72)57-54-51-48-45-42-39-36-33-29-26-23-20-17-14-11-8-5-2/h8,11,17,20,25-26,28-29,36,39,62,66-69,71,75-76H,4-7,9-10,12-16,18-19,21-24,27,30-35,37-38,40-61H2,1-3H3,(H,77,78)/b11-8-,20-17-,28-25-,29-26-,39-36-. The third kappa shape index (κ3) is 48.3. The molecular formula is C71H124O12. The minimum absolute atomic E-state index is 0.0572. The van der Waals surface area contributed by atoms with Gasteiger partial charge in [-0.05, 0) is 83.5 Å². The Balaban J connectivity index is 2.64. The Labute approximate surface area is 506 Å². The topological polar surface area (TPSA) is 175 Å². The molecule has 1 aliphatic heterocycles. The largest absolute Gasteiger partial charge is 0.479 e. The van der Waals surface area contributed by atoms with Gasteiger partial charge in [-0.15, -0.1) is 0 Å². The lowest BCUT2D eigenvalue weighted by molar-refractivity contribution is -0.301. The van der Waals surface area contributed by atoms with Crippen molar-refractivity contribution in [3.05, 3.63) is 60.8 Å². The SMILES string of the molecule is CC/C=C\C/C=C\C/C=C\C/C=C\CCCCCCC(=O)OCC(COC1OC(C(=O)O)C(O)C(O)C1OC(=O)CCCCCCCCCCC/C=C\CCCCCCCC)OC(=O)CCCCCCCCCCCCCCCCCCC. The number of unbranched alkanes of at least 4 members (excludes halogenated alkanes) is 35. The summed E-state index contributed by atoms with van der Waals surface area (Å²) in [6, 6.07) is 0. The van der Waals surface area contributed by atoms with Crippen molar-refractivity contribution in [3.63, 3.8) is 0 Å². The summed E-state index contributed by atoms with van der Waals surface area (Å²) >= 11 is 0. The van der Waals surface area contributed by atoms with Crippen molar-refractivity contribution < 1.29 is 58.2 Å². The summed E-state index contributed by atoms with van der Waals surface area (Å²) in [5.74, 6) is -3.13. The number of ether oxygens (including phenoxy) is 5. The van der Waals surface area contributed by atoms with E-state index >= 15 is 0 Å². The second-order valence-corrected chi connectivity index (χ2v) is 23.4. The highest BCUT2D eigenvalue weighted by Gasteiger charge is 2.50. The van der Waals surface area contributed by atoms with E-state index in [9.17, 15) is 34.5 Å². The van der Waals surface area contributed by atoms with Gasteiger partial charge in [0.2, 0.25) is 0 Å². The van der Waals surface area contributed by atoms with E-state index in [2.05, 4.69) is 81.5 Å². The summed E-state index contributed by atoms with van der Waals surface area (Å²) in [6.07, 6.45) is 61.7. The van der Waals surface area contributed by atoms with Crippen LogP contribution in [0.15, 0.2) is 60.8 Å². The Morgan fingerprint density at radius 3 is 1.17 bits per heavy atom. The van der Waals surface area contributed by atoms with Crippen LogP contribution in [0.1, 0.15) is 316 Å². The number of hydrogen-bond acceptors (Lipinski definition) is 11. The molecule has 0 amide bonds. The van der Waals surface area contributed by atoms with Crippen LogP contribution in [0.3, 0.4) is 0 Å². The lowest BCUT2D eigenvalue weighted by atomic mass is 9.98. The van der Waals surface area contributed by atoms with Crippen LogP contribution in [0.5, 0.6) is 0 Å². The highest BCUT2D eigenvalue weighted by atomic mass is 16.7. The van der Waals surface area contributed by atoms with Gasteiger partial charge in [0.15, 0.2) is 24.6 Å². The van der Waals surface area contributed by atoms with E-state index in [1.807, 2.05) is 0 Å². The number of aliphatic hydroxyl groups is 2. The molecule has 0 aliphatic carbocycles. The zero-order chi connectivity index (χ0) is 60.3. The van der Waals surface area contributed by atoms with Gasteiger partial charge in [-0.25, -0.2) is 4.79 Å². The zero-order valence-electron chi connectivity index (χ0n) is 53.2. The van der Waals surface area contributed by atoms with E-state index in [0.29, 0.717) is 19.3 Å². The number of carboxylic acids is 1. The first-order valence-electron chi connectivity index (χ1n) is 34.3. The number of aliphatic hydroxyl groups excluding tert-OH is 2. The molecule has 1 heterocycles. The number of carboxylic acid groups (broad SMARTS) is 1. The first kappa shape index (κ1) is 77.4. The molecule has 3 N–H and O–H groups in total. The summed E-state index contributed by atoms with van der Waals surface area (Å²) in [4.78, 5) is 51.4. The van der Waals surface area contributed by atoms with Crippen LogP contribution in [0, 0.1) is 0 Å².